The van der Waals surface area contributed by atoms with Crippen LogP contribution < -0.4 is 0 Å². The van der Waals surface area contributed by atoms with Gasteiger partial charge in [-0.05, 0) is 11.8 Å². The van der Waals surface area contributed by atoms with Crippen LogP contribution in [-0.4, -0.2) is 17.4 Å². The molecule has 0 aromatic carbocycles. The van der Waals surface area contributed by atoms with E-state index in [2.05, 4.69) is 37.9 Å². The van der Waals surface area contributed by atoms with Crippen LogP contribution in [0.4, 0.5) is 0 Å². The first-order chi connectivity index (χ1) is 7.39. The number of hydrogen-bond donors (Lipinski definition) is 1. The van der Waals surface area contributed by atoms with E-state index in [1.807, 2.05) is 6.07 Å². The van der Waals surface area contributed by atoms with Gasteiger partial charge in [-0.1, -0.05) is 27.7 Å². The van der Waals surface area contributed by atoms with Gasteiger partial charge < -0.3 is 5.11 Å². The maximum Gasteiger partial charge on any atom is 0.176 e. The molecule has 0 aliphatic heterocycles. The molecule has 0 aliphatic carbocycles. The van der Waals surface area contributed by atoms with Crippen molar-refractivity contribution in [2.24, 2.45) is 22.1 Å². The quantitative estimate of drug-likeness (QED) is 0.534. The molecule has 0 aromatic heterocycles. The minimum atomic E-state index is -1.06. The lowest BCUT2D eigenvalue weighted by Gasteiger charge is -2.26. The third-order valence-corrected chi connectivity index (χ3v) is 2.05. The van der Waals surface area contributed by atoms with Gasteiger partial charge in [-0.3, -0.25) is 0 Å². The number of nitriles is 1. The highest BCUT2D eigenvalue weighted by Crippen LogP contribution is 2.26. The van der Waals surface area contributed by atoms with Crippen LogP contribution in [0.1, 0.15) is 47.0 Å². The molecule has 92 valence electrons. The number of azo groups is 1. The van der Waals surface area contributed by atoms with Crippen LogP contribution in [0.15, 0.2) is 10.2 Å². The Morgan fingerprint density at radius 2 is 1.69 bits per heavy atom. The van der Waals surface area contributed by atoms with Gasteiger partial charge in [0.2, 0.25) is 0 Å². The van der Waals surface area contributed by atoms with Gasteiger partial charge in [-0.2, -0.15) is 15.5 Å². The van der Waals surface area contributed by atoms with Crippen LogP contribution in [0.5, 0.6) is 0 Å². The smallest absolute Gasteiger partial charge is 0.176 e. The summed E-state index contributed by atoms with van der Waals surface area (Å²) >= 11 is 0. The Hall–Kier alpha value is -0.950. The molecule has 0 saturated carbocycles. The number of rotatable bonds is 7. The van der Waals surface area contributed by atoms with Gasteiger partial charge in [-0.15, -0.1) is 0 Å². The number of aliphatic hydroxyl groups is 1. The maximum atomic E-state index is 10.3. The molecule has 0 heterocycles. The van der Waals surface area contributed by atoms with Crippen molar-refractivity contribution in [1.29, 1.82) is 5.26 Å². The molecule has 0 fully saturated rings. The highest BCUT2D eigenvalue weighted by molar-refractivity contribution is 4.78. The van der Waals surface area contributed by atoms with Crippen molar-refractivity contribution in [3.63, 3.8) is 0 Å². The van der Waals surface area contributed by atoms with Crippen molar-refractivity contribution >= 4 is 0 Å². The molecule has 0 radical (unpaired) electrons. The molecule has 0 bridgehead atoms. The van der Waals surface area contributed by atoms with Crippen LogP contribution in [0.3, 0.4) is 0 Å². The Labute approximate surface area is 98.4 Å². The first kappa shape index (κ1) is 15.0. The van der Waals surface area contributed by atoms with E-state index in [1.165, 1.54) is 0 Å². The van der Waals surface area contributed by atoms with E-state index in [9.17, 15) is 5.11 Å². The summed E-state index contributed by atoms with van der Waals surface area (Å²) in [5.74, 6) is 0.748. The Bertz CT molecular complexity index is 243. The number of nitrogens with zero attached hydrogens (tertiary/aromatic N) is 3. The average Bonchev–Trinajstić information content (AvgIpc) is 2.09. The molecule has 0 rings (SSSR count). The predicted molar refractivity (Wildman–Crippen MR) is 63.8 cm³/mol. The largest absolute Gasteiger partial charge is 0.368 e. The summed E-state index contributed by atoms with van der Waals surface area (Å²) in [6, 6.07) is 2.00. The number of hydrogen-bond acceptors (Lipinski definition) is 4. The molecule has 4 heteroatoms. The second-order valence-electron chi connectivity index (χ2n) is 5.05. The van der Waals surface area contributed by atoms with Crippen LogP contribution in [0, 0.1) is 23.2 Å². The monoisotopic (exact) mass is 225 g/mol. The van der Waals surface area contributed by atoms with E-state index in [1.54, 1.807) is 0 Å². The van der Waals surface area contributed by atoms with Gasteiger partial charge in [0.15, 0.2) is 5.72 Å². The second kappa shape index (κ2) is 7.34. The van der Waals surface area contributed by atoms with Crippen molar-refractivity contribution in [3.05, 3.63) is 0 Å². The lowest BCUT2D eigenvalue weighted by Crippen LogP contribution is -2.29. The van der Waals surface area contributed by atoms with E-state index >= 15 is 0 Å². The molecule has 4 nitrogen and oxygen atoms in total. The summed E-state index contributed by atoms with van der Waals surface area (Å²) in [6.07, 6.45) is 1.57. The summed E-state index contributed by atoms with van der Waals surface area (Å²) in [6.45, 7) is 8.58. The van der Waals surface area contributed by atoms with Gasteiger partial charge >= 0.3 is 0 Å². The minimum Gasteiger partial charge on any atom is -0.368 e. The van der Waals surface area contributed by atoms with Crippen molar-refractivity contribution in [2.45, 2.75) is 52.7 Å². The summed E-state index contributed by atoms with van der Waals surface area (Å²) in [4.78, 5) is 0. The molecule has 0 aliphatic rings. The molecule has 1 N–H and O–H groups in total. The molecule has 0 unspecified atom stereocenters. The summed E-state index contributed by atoms with van der Waals surface area (Å²) in [5.41, 5.74) is -1.06. The standard InChI is InChI=1S/C12H23N3O/c1-10(2)8-12(16,9-11(3)4)15-14-7-5-6-13/h10-11,16H,5,7-9H2,1-4H3/b15-14+. The topological polar surface area (TPSA) is 68.7 Å². The van der Waals surface area contributed by atoms with Gasteiger partial charge in [0, 0.05) is 12.8 Å². The Morgan fingerprint density at radius 3 is 2.06 bits per heavy atom. The van der Waals surface area contributed by atoms with E-state index in [-0.39, 0.29) is 0 Å². The maximum absolute atomic E-state index is 10.3. The molecule has 0 saturated heterocycles. The second-order valence-corrected chi connectivity index (χ2v) is 5.05. The molecular formula is C12H23N3O. The average molecular weight is 225 g/mol. The third kappa shape index (κ3) is 7.36. The Balaban J connectivity index is 4.41. The Kier molecular flexibility index (Phi) is 6.91. The van der Waals surface area contributed by atoms with Crippen LogP contribution >= 0.6 is 0 Å². The molecule has 0 atom stereocenters. The van der Waals surface area contributed by atoms with Crippen LogP contribution in [0.25, 0.3) is 0 Å². The minimum absolute atomic E-state index is 0.350. The van der Waals surface area contributed by atoms with Crippen molar-refractivity contribution < 1.29 is 5.11 Å². The van der Waals surface area contributed by atoms with Crippen molar-refractivity contribution in [3.8, 4) is 6.07 Å². The highest BCUT2D eigenvalue weighted by Gasteiger charge is 2.28. The molecule has 0 spiro atoms. The van der Waals surface area contributed by atoms with Crippen LogP contribution in [0.2, 0.25) is 0 Å². The first-order valence-electron chi connectivity index (χ1n) is 5.87. The summed E-state index contributed by atoms with van der Waals surface area (Å²) in [7, 11) is 0. The lowest BCUT2D eigenvalue weighted by atomic mass is 9.93. The lowest BCUT2D eigenvalue weighted by molar-refractivity contribution is 0.00154. The normalized spacial score (nSPS) is 12.6. The van der Waals surface area contributed by atoms with Crippen LogP contribution in [-0.2, 0) is 0 Å². The van der Waals surface area contributed by atoms with Gasteiger partial charge in [-0.25, -0.2) is 0 Å². The summed E-state index contributed by atoms with van der Waals surface area (Å²) < 4.78 is 0. The summed E-state index contributed by atoms with van der Waals surface area (Å²) in [5, 5.41) is 26.6. The predicted octanol–water partition coefficient (Wildman–Crippen LogP) is 3.13. The van der Waals surface area contributed by atoms with E-state index in [0.29, 0.717) is 37.6 Å². The zero-order valence-electron chi connectivity index (χ0n) is 10.8. The Morgan fingerprint density at radius 1 is 1.19 bits per heavy atom. The van der Waals surface area contributed by atoms with Gasteiger partial charge in [0.25, 0.3) is 0 Å². The zero-order chi connectivity index (χ0) is 12.6. The molecular weight excluding hydrogens is 202 g/mol. The first-order valence-corrected chi connectivity index (χ1v) is 5.87. The highest BCUT2D eigenvalue weighted by atomic mass is 16.3. The SMILES string of the molecule is CC(C)CC(O)(CC(C)C)/N=N/CCC#N. The molecule has 0 amide bonds. The third-order valence-electron chi connectivity index (χ3n) is 2.05. The molecule has 16 heavy (non-hydrogen) atoms. The van der Waals surface area contributed by atoms with Crippen molar-refractivity contribution in [2.75, 3.05) is 6.54 Å². The fraction of sp³-hybridized carbons (Fsp3) is 0.917. The van der Waals surface area contributed by atoms with E-state index in [4.69, 9.17) is 5.26 Å². The van der Waals surface area contributed by atoms with Gasteiger partial charge in [0.1, 0.15) is 0 Å². The van der Waals surface area contributed by atoms with Crippen molar-refractivity contribution in [1.82, 2.24) is 0 Å². The fourth-order valence-electron chi connectivity index (χ4n) is 1.75. The molecule has 0 aromatic rings. The van der Waals surface area contributed by atoms with Gasteiger partial charge in [0.05, 0.1) is 19.0 Å². The van der Waals surface area contributed by atoms with E-state index < -0.39 is 5.72 Å². The zero-order valence-corrected chi connectivity index (χ0v) is 10.8. The fourth-order valence-corrected chi connectivity index (χ4v) is 1.75. The van der Waals surface area contributed by atoms with E-state index in [0.717, 1.165) is 0 Å².